The van der Waals surface area contributed by atoms with Gasteiger partial charge in [0.1, 0.15) is 0 Å². The van der Waals surface area contributed by atoms with Gasteiger partial charge in [-0.05, 0) is 53.6 Å². The van der Waals surface area contributed by atoms with Gasteiger partial charge in [0.2, 0.25) is 0 Å². The van der Waals surface area contributed by atoms with E-state index >= 15 is 0 Å². The fraction of sp³-hybridized carbons (Fsp3) is 0.368. The summed E-state index contributed by atoms with van der Waals surface area (Å²) >= 11 is 0. The number of rotatable bonds is 3. The molecule has 0 aliphatic rings. The van der Waals surface area contributed by atoms with Gasteiger partial charge in [0.15, 0.2) is 0 Å². The highest BCUT2D eigenvalue weighted by molar-refractivity contribution is 5.87. The van der Waals surface area contributed by atoms with Gasteiger partial charge < -0.3 is 5.11 Å². The van der Waals surface area contributed by atoms with Crippen molar-refractivity contribution < 1.29 is 9.90 Å². The second kappa shape index (κ2) is 5.91. The average Bonchev–Trinajstić information content (AvgIpc) is 2.43. The van der Waals surface area contributed by atoms with Crippen molar-refractivity contribution in [2.45, 2.75) is 46.5 Å². The Morgan fingerprint density at radius 1 is 1.18 bits per heavy atom. The molecule has 1 aromatic heterocycles. The molecule has 0 radical (unpaired) electrons. The summed E-state index contributed by atoms with van der Waals surface area (Å²) in [7, 11) is 0. The molecule has 3 heteroatoms. The molecule has 0 saturated heterocycles. The average molecular weight is 297 g/mol. The molecule has 0 aliphatic carbocycles. The van der Waals surface area contributed by atoms with E-state index in [2.05, 4.69) is 51.7 Å². The third-order valence-electron chi connectivity index (χ3n) is 4.08. The quantitative estimate of drug-likeness (QED) is 0.919. The predicted octanol–water partition coefficient (Wildman–Crippen LogP) is 4.28. The Morgan fingerprint density at radius 3 is 2.36 bits per heavy atom. The topological polar surface area (TPSA) is 50.2 Å². The van der Waals surface area contributed by atoms with Crippen molar-refractivity contribution in [3.05, 3.63) is 64.0 Å². The van der Waals surface area contributed by atoms with E-state index in [-0.39, 0.29) is 11.0 Å². The highest BCUT2D eigenvalue weighted by Crippen LogP contribution is 2.27. The molecule has 0 spiro atoms. The lowest BCUT2D eigenvalue weighted by Gasteiger charge is -2.22. The molecule has 0 aliphatic heterocycles. The maximum atomic E-state index is 10.9. The number of aryl methyl sites for hydroxylation is 1. The van der Waals surface area contributed by atoms with Crippen molar-refractivity contribution in [2.24, 2.45) is 0 Å². The van der Waals surface area contributed by atoms with E-state index in [1.807, 2.05) is 0 Å². The molecular formula is C19H23NO2. The number of carboxylic acids is 1. The summed E-state index contributed by atoms with van der Waals surface area (Å²) in [6, 6.07) is 7.90. The predicted molar refractivity (Wildman–Crippen MR) is 88.6 cm³/mol. The summed E-state index contributed by atoms with van der Waals surface area (Å²) in [6.45, 7) is 10.9. The van der Waals surface area contributed by atoms with Gasteiger partial charge in [-0.1, -0.05) is 32.9 Å². The third kappa shape index (κ3) is 3.53. The number of nitrogens with zero attached hydrogens (tertiary/aromatic N) is 1. The van der Waals surface area contributed by atoms with Gasteiger partial charge in [-0.25, -0.2) is 4.79 Å². The van der Waals surface area contributed by atoms with Crippen molar-refractivity contribution in [3.63, 3.8) is 0 Å². The zero-order chi connectivity index (χ0) is 16.5. The number of pyridine rings is 1. The zero-order valence-corrected chi connectivity index (χ0v) is 13.9. The van der Waals surface area contributed by atoms with Gasteiger partial charge in [0.25, 0.3) is 0 Å². The Bertz CT molecular complexity index is 695. The second-order valence-corrected chi connectivity index (χ2v) is 6.85. The Hall–Kier alpha value is -2.16. The van der Waals surface area contributed by atoms with Crippen LogP contribution >= 0.6 is 0 Å². The zero-order valence-electron chi connectivity index (χ0n) is 13.9. The van der Waals surface area contributed by atoms with Crippen LogP contribution in [0.1, 0.15) is 59.1 Å². The van der Waals surface area contributed by atoms with Crippen LogP contribution in [0.2, 0.25) is 0 Å². The highest BCUT2D eigenvalue weighted by Gasteiger charge is 2.16. The minimum Gasteiger partial charge on any atom is -0.478 e. The van der Waals surface area contributed by atoms with Gasteiger partial charge in [-0.15, -0.1) is 0 Å². The molecule has 1 aromatic carbocycles. The summed E-state index contributed by atoms with van der Waals surface area (Å²) in [5, 5.41) is 8.93. The first kappa shape index (κ1) is 16.2. The van der Waals surface area contributed by atoms with Crippen molar-refractivity contribution in [2.75, 3.05) is 0 Å². The summed E-state index contributed by atoms with van der Waals surface area (Å²) < 4.78 is 0. The van der Waals surface area contributed by atoms with Crippen LogP contribution < -0.4 is 0 Å². The van der Waals surface area contributed by atoms with Gasteiger partial charge in [-0.2, -0.15) is 0 Å². The van der Waals surface area contributed by atoms with E-state index in [9.17, 15) is 4.79 Å². The van der Waals surface area contributed by atoms with Crippen LogP contribution in [-0.4, -0.2) is 16.1 Å². The number of aromatic carboxylic acids is 1. The molecule has 116 valence electrons. The first-order valence-corrected chi connectivity index (χ1v) is 7.47. The van der Waals surface area contributed by atoms with E-state index in [1.165, 1.54) is 28.5 Å². The van der Waals surface area contributed by atoms with Crippen LogP contribution in [0.15, 0.2) is 30.5 Å². The van der Waals surface area contributed by atoms with Crippen LogP contribution in [0.5, 0.6) is 0 Å². The summed E-state index contributed by atoms with van der Waals surface area (Å²) in [5.41, 5.74) is 6.34. The molecule has 3 nitrogen and oxygen atoms in total. The third-order valence-corrected chi connectivity index (χ3v) is 4.08. The molecule has 1 N–H and O–H groups in total. The molecule has 0 fully saturated rings. The van der Waals surface area contributed by atoms with Crippen LogP contribution in [0.3, 0.4) is 0 Å². The van der Waals surface area contributed by atoms with E-state index in [0.717, 1.165) is 12.1 Å². The Labute approximate surface area is 132 Å². The number of benzene rings is 1. The minimum absolute atomic E-state index is 0.105. The number of hydrogen-bond donors (Lipinski definition) is 1. The molecule has 0 bridgehead atoms. The molecule has 0 atom stereocenters. The van der Waals surface area contributed by atoms with Gasteiger partial charge in [0.05, 0.1) is 5.56 Å². The SMILES string of the molecule is Cc1cc(C(C)(C)C)cc(Cc2ccc(C(=O)O)cn2)c1C. The van der Waals surface area contributed by atoms with E-state index < -0.39 is 5.97 Å². The number of carboxylic acid groups (broad SMARTS) is 1. The van der Waals surface area contributed by atoms with Crippen molar-refractivity contribution in [1.29, 1.82) is 0 Å². The largest absolute Gasteiger partial charge is 0.478 e. The molecule has 2 aromatic rings. The van der Waals surface area contributed by atoms with Crippen LogP contribution in [0.4, 0.5) is 0 Å². The lowest BCUT2D eigenvalue weighted by molar-refractivity contribution is 0.0696. The number of carbonyl (C=O) groups is 1. The first-order chi connectivity index (χ1) is 10.2. The molecule has 22 heavy (non-hydrogen) atoms. The van der Waals surface area contributed by atoms with E-state index in [4.69, 9.17) is 5.11 Å². The Balaban J connectivity index is 2.36. The maximum Gasteiger partial charge on any atom is 0.337 e. The second-order valence-electron chi connectivity index (χ2n) is 6.85. The lowest BCUT2D eigenvalue weighted by Crippen LogP contribution is -2.13. The van der Waals surface area contributed by atoms with Crippen LogP contribution in [0.25, 0.3) is 0 Å². The smallest absolute Gasteiger partial charge is 0.337 e. The Morgan fingerprint density at radius 2 is 1.86 bits per heavy atom. The minimum atomic E-state index is -0.944. The van der Waals surface area contributed by atoms with Crippen LogP contribution in [-0.2, 0) is 11.8 Å². The summed E-state index contributed by atoms with van der Waals surface area (Å²) in [4.78, 5) is 15.2. The standard InChI is InChI=1S/C19H23NO2/c1-12-8-16(19(3,4)5)9-15(13(12)2)10-17-7-6-14(11-20-17)18(21)22/h6-9,11H,10H2,1-5H3,(H,21,22). The fourth-order valence-electron chi connectivity index (χ4n) is 2.40. The molecule has 2 rings (SSSR count). The molecular weight excluding hydrogens is 274 g/mol. The molecule has 0 saturated carbocycles. The fourth-order valence-corrected chi connectivity index (χ4v) is 2.40. The monoisotopic (exact) mass is 297 g/mol. The van der Waals surface area contributed by atoms with E-state index in [1.54, 1.807) is 12.1 Å². The summed E-state index contributed by atoms with van der Waals surface area (Å²) in [6.07, 6.45) is 2.14. The molecule has 0 unspecified atom stereocenters. The van der Waals surface area contributed by atoms with Crippen molar-refractivity contribution in [1.82, 2.24) is 4.98 Å². The number of hydrogen-bond acceptors (Lipinski definition) is 2. The maximum absolute atomic E-state index is 10.9. The lowest BCUT2D eigenvalue weighted by atomic mass is 9.83. The van der Waals surface area contributed by atoms with Gasteiger partial charge >= 0.3 is 5.97 Å². The first-order valence-electron chi connectivity index (χ1n) is 7.47. The van der Waals surface area contributed by atoms with Gasteiger partial charge in [-0.3, -0.25) is 4.98 Å². The number of aromatic nitrogens is 1. The normalized spacial score (nSPS) is 11.5. The molecule has 0 amide bonds. The molecule has 1 heterocycles. The van der Waals surface area contributed by atoms with Crippen molar-refractivity contribution >= 4 is 5.97 Å². The van der Waals surface area contributed by atoms with Gasteiger partial charge in [0, 0.05) is 18.3 Å². The van der Waals surface area contributed by atoms with Crippen molar-refractivity contribution in [3.8, 4) is 0 Å². The Kier molecular flexibility index (Phi) is 4.36. The van der Waals surface area contributed by atoms with Crippen LogP contribution in [0, 0.1) is 13.8 Å². The highest BCUT2D eigenvalue weighted by atomic mass is 16.4. The summed E-state index contributed by atoms with van der Waals surface area (Å²) in [5.74, 6) is -0.944. The van der Waals surface area contributed by atoms with E-state index in [0.29, 0.717) is 0 Å².